The third-order valence-corrected chi connectivity index (χ3v) is 10.1. The van der Waals surface area contributed by atoms with Crippen LogP contribution < -0.4 is 0 Å². The van der Waals surface area contributed by atoms with Crippen molar-refractivity contribution in [1.29, 1.82) is 0 Å². The molecule has 0 unspecified atom stereocenters. The summed E-state index contributed by atoms with van der Waals surface area (Å²) in [6.07, 6.45) is 2.05. The minimum absolute atomic E-state index is 0.0357. The largest absolute Gasteiger partial charge is 0.480 e. The standard InChI is InChI=1S/C14H25NO3Si/c1-8-9-14(5)10(11(16)17)15(12(14)18)19(6,7)13(2,3)4/h8,10H,1,9H2,2-7H3,(H,16,17)/t10-,14-/m1/s1. The quantitative estimate of drug-likeness (QED) is 0.490. The number of carbonyl (C=O) groups is 2. The molecule has 1 fully saturated rings. The smallest absolute Gasteiger partial charge is 0.326 e. The van der Waals surface area contributed by atoms with E-state index >= 15 is 0 Å². The summed E-state index contributed by atoms with van der Waals surface area (Å²) in [7, 11) is -2.16. The summed E-state index contributed by atoms with van der Waals surface area (Å²) in [6.45, 7) is 15.7. The van der Waals surface area contributed by atoms with Crippen LogP contribution in [0.5, 0.6) is 0 Å². The Morgan fingerprint density at radius 1 is 1.53 bits per heavy atom. The van der Waals surface area contributed by atoms with Gasteiger partial charge in [0.2, 0.25) is 5.91 Å². The van der Waals surface area contributed by atoms with Crippen molar-refractivity contribution in [2.75, 3.05) is 0 Å². The van der Waals surface area contributed by atoms with Gasteiger partial charge < -0.3 is 9.67 Å². The van der Waals surface area contributed by atoms with E-state index in [0.717, 1.165) is 0 Å². The highest BCUT2D eigenvalue weighted by Gasteiger charge is 2.65. The number of β-lactam (4-membered cyclic amide) rings is 1. The highest BCUT2D eigenvalue weighted by atomic mass is 28.3. The summed E-state index contributed by atoms with van der Waals surface area (Å²) >= 11 is 0. The molecule has 4 nitrogen and oxygen atoms in total. The van der Waals surface area contributed by atoms with Crippen LogP contribution in [0, 0.1) is 5.41 Å². The predicted molar refractivity (Wildman–Crippen MR) is 78.4 cm³/mol. The van der Waals surface area contributed by atoms with Gasteiger partial charge in [-0.15, -0.1) is 6.58 Å². The number of hydrogen-bond acceptors (Lipinski definition) is 2. The summed E-state index contributed by atoms with van der Waals surface area (Å²) in [5.41, 5.74) is -0.830. The zero-order valence-corrected chi connectivity index (χ0v) is 13.8. The maximum Gasteiger partial charge on any atom is 0.326 e. The third kappa shape index (κ3) is 2.14. The molecule has 2 atom stereocenters. The molecule has 108 valence electrons. The first-order chi connectivity index (χ1) is 8.41. The maximum atomic E-state index is 12.5. The van der Waals surface area contributed by atoms with Crippen LogP contribution in [-0.4, -0.2) is 35.8 Å². The number of carboxylic acids is 1. The second-order valence-electron chi connectivity index (χ2n) is 7.14. The lowest BCUT2D eigenvalue weighted by molar-refractivity contribution is -0.174. The zero-order valence-electron chi connectivity index (χ0n) is 12.8. The number of amides is 1. The zero-order chi connectivity index (χ0) is 15.2. The highest BCUT2D eigenvalue weighted by Crippen LogP contribution is 2.50. The molecular formula is C14H25NO3Si. The van der Waals surface area contributed by atoms with Crippen LogP contribution >= 0.6 is 0 Å². The molecular weight excluding hydrogens is 258 g/mol. The summed E-state index contributed by atoms with van der Waals surface area (Å²) in [5.74, 6) is -0.944. The minimum atomic E-state index is -2.16. The van der Waals surface area contributed by atoms with Gasteiger partial charge in [0.25, 0.3) is 0 Å². The van der Waals surface area contributed by atoms with E-state index < -0.39 is 25.7 Å². The van der Waals surface area contributed by atoms with E-state index in [-0.39, 0.29) is 10.9 Å². The number of hydrogen-bond donors (Lipinski definition) is 1. The fourth-order valence-corrected chi connectivity index (χ4v) is 5.07. The number of carbonyl (C=O) groups excluding carboxylic acids is 1. The van der Waals surface area contributed by atoms with Gasteiger partial charge in [-0.3, -0.25) is 4.79 Å². The summed E-state index contributed by atoms with van der Waals surface area (Å²) in [5, 5.41) is 9.44. The second kappa shape index (κ2) is 4.47. The first kappa shape index (κ1) is 16.0. The minimum Gasteiger partial charge on any atom is -0.480 e. The van der Waals surface area contributed by atoms with Gasteiger partial charge in [-0.05, 0) is 18.4 Å². The Hall–Kier alpha value is -1.10. The third-order valence-electron chi connectivity index (χ3n) is 4.81. The average Bonchev–Trinajstić information content (AvgIpc) is 2.22. The van der Waals surface area contributed by atoms with Crippen LogP contribution in [-0.2, 0) is 9.59 Å². The van der Waals surface area contributed by atoms with Crippen molar-refractivity contribution in [3.63, 3.8) is 0 Å². The van der Waals surface area contributed by atoms with E-state index in [4.69, 9.17) is 0 Å². The molecule has 0 saturated carbocycles. The second-order valence-corrected chi connectivity index (χ2v) is 12.2. The highest BCUT2D eigenvalue weighted by molar-refractivity contribution is 6.80. The lowest BCUT2D eigenvalue weighted by atomic mass is 9.71. The molecule has 0 aromatic rings. The van der Waals surface area contributed by atoms with Gasteiger partial charge in [-0.2, -0.15) is 0 Å². The van der Waals surface area contributed by atoms with E-state index in [1.165, 1.54) is 0 Å². The number of nitrogens with zero attached hydrogens (tertiary/aromatic N) is 1. The molecule has 1 aliphatic rings. The summed E-state index contributed by atoms with van der Waals surface area (Å²) < 4.78 is 1.67. The van der Waals surface area contributed by atoms with Crippen molar-refractivity contribution >= 4 is 20.1 Å². The number of rotatable bonds is 4. The predicted octanol–water partition coefficient (Wildman–Crippen LogP) is 2.87. The number of aliphatic carboxylic acids is 1. The average molecular weight is 283 g/mol. The van der Waals surface area contributed by atoms with Gasteiger partial charge >= 0.3 is 5.97 Å². The van der Waals surface area contributed by atoms with Crippen molar-refractivity contribution in [2.24, 2.45) is 5.41 Å². The molecule has 0 aliphatic carbocycles. The van der Waals surface area contributed by atoms with Crippen molar-refractivity contribution in [3.8, 4) is 0 Å². The molecule has 1 aliphatic heterocycles. The number of carboxylic acid groups (broad SMARTS) is 1. The van der Waals surface area contributed by atoms with Crippen molar-refractivity contribution < 1.29 is 14.7 Å². The normalized spacial score (nSPS) is 28.0. The van der Waals surface area contributed by atoms with Crippen LogP contribution in [0.4, 0.5) is 0 Å². The molecule has 19 heavy (non-hydrogen) atoms. The number of allylic oxidation sites excluding steroid dienone is 1. The molecule has 1 rings (SSSR count). The van der Waals surface area contributed by atoms with Crippen LogP contribution in [0.1, 0.15) is 34.1 Å². The Bertz CT molecular complexity index is 425. The topological polar surface area (TPSA) is 57.6 Å². The van der Waals surface area contributed by atoms with Gasteiger partial charge in [0.1, 0.15) is 6.04 Å². The van der Waals surface area contributed by atoms with Crippen LogP contribution in [0.2, 0.25) is 18.1 Å². The van der Waals surface area contributed by atoms with Crippen molar-refractivity contribution in [3.05, 3.63) is 12.7 Å². The van der Waals surface area contributed by atoms with Gasteiger partial charge in [0.15, 0.2) is 8.24 Å². The van der Waals surface area contributed by atoms with E-state index in [0.29, 0.717) is 6.42 Å². The van der Waals surface area contributed by atoms with E-state index in [2.05, 4.69) is 40.4 Å². The van der Waals surface area contributed by atoms with Crippen molar-refractivity contribution in [2.45, 2.75) is 58.3 Å². The Balaban J connectivity index is 3.22. The van der Waals surface area contributed by atoms with E-state index in [1.54, 1.807) is 17.6 Å². The van der Waals surface area contributed by atoms with Gasteiger partial charge in [-0.1, -0.05) is 39.9 Å². The molecule has 0 bridgehead atoms. The van der Waals surface area contributed by atoms with Crippen molar-refractivity contribution in [1.82, 2.24) is 4.57 Å². The Morgan fingerprint density at radius 2 is 2.00 bits per heavy atom. The Labute approximate surface area is 116 Å². The first-order valence-corrected chi connectivity index (χ1v) is 9.53. The molecule has 0 aromatic heterocycles. The fraction of sp³-hybridized carbons (Fsp3) is 0.714. The van der Waals surface area contributed by atoms with Crippen LogP contribution in [0.15, 0.2) is 12.7 Å². The first-order valence-electron chi connectivity index (χ1n) is 6.58. The van der Waals surface area contributed by atoms with Gasteiger partial charge in [0.05, 0.1) is 5.41 Å². The van der Waals surface area contributed by atoms with E-state index in [9.17, 15) is 14.7 Å². The van der Waals surface area contributed by atoms with Crippen LogP contribution in [0.25, 0.3) is 0 Å². The SMILES string of the molecule is C=CC[C@@]1(C)C(=O)N([Si](C)(C)C(C)(C)C)[C@@H]1C(=O)O. The molecule has 0 aromatic carbocycles. The monoisotopic (exact) mass is 283 g/mol. The molecule has 1 amide bonds. The molecule has 1 saturated heterocycles. The van der Waals surface area contributed by atoms with Gasteiger partial charge in [-0.25, -0.2) is 4.79 Å². The lowest BCUT2D eigenvalue weighted by Crippen LogP contribution is -2.78. The Morgan fingerprint density at radius 3 is 2.32 bits per heavy atom. The van der Waals surface area contributed by atoms with E-state index in [1.807, 2.05) is 0 Å². The van der Waals surface area contributed by atoms with Gasteiger partial charge in [0, 0.05) is 0 Å². The summed E-state index contributed by atoms with van der Waals surface area (Å²) in [4.78, 5) is 24.1. The maximum absolute atomic E-state index is 12.5. The summed E-state index contributed by atoms with van der Waals surface area (Å²) in [6, 6.07) is -0.723. The molecule has 0 spiro atoms. The molecule has 5 heteroatoms. The molecule has 1 heterocycles. The molecule has 1 N–H and O–H groups in total. The Kier molecular flexibility index (Phi) is 3.76. The van der Waals surface area contributed by atoms with Crippen LogP contribution in [0.3, 0.4) is 0 Å². The molecule has 0 radical (unpaired) electrons. The fourth-order valence-electron chi connectivity index (χ4n) is 2.55. The lowest BCUT2D eigenvalue weighted by Gasteiger charge is -2.61.